The molecule has 0 aliphatic heterocycles. The van der Waals surface area contributed by atoms with Gasteiger partial charge in [0.1, 0.15) is 16.4 Å². The summed E-state index contributed by atoms with van der Waals surface area (Å²) in [7, 11) is -1.76. The molecule has 0 amide bonds. The van der Waals surface area contributed by atoms with Crippen molar-refractivity contribution < 1.29 is 22.9 Å². The Morgan fingerprint density at radius 3 is 2.18 bits per heavy atom. The molecule has 1 rings (SSSR count). The largest absolute Gasteiger partial charge is 0.480 e. The van der Waals surface area contributed by atoms with Crippen LogP contribution in [0.3, 0.4) is 0 Å². The van der Waals surface area contributed by atoms with Crippen molar-refractivity contribution in [3.63, 3.8) is 0 Å². The van der Waals surface area contributed by atoms with Gasteiger partial charge in [0.25, 0.3) is 0 Å². The molecule has 3 nitrogen and oxygen atoms in total. The molecular weight excluding hydrogens is 250 g/mol. The molecule has 6 heteroatoms. The molecule has 0 saturated heterocycles. The van der Waals surface area contributed by atoms with Crippen molar-refractivity contribution in [2.45, 2.75) is 24.3 Å². The zero-order valence-corrected chi connectivity index (χ0v) is 10.2. The molecule has 0 fully saturated rings. The predicted octanol–water partition coefficient (Wildman–Crippen LogP) is 2.08. The molecule has 0 aliphatic carbocycles. The Morgan fingerprint density at radius 1 is 1.29 bits per heavy atom. The molecule has 94 valence electrons. The Morgan fingerprint density at radius 2 is 1.76 bits per heavy atom. The molecule has 0 aliphatic rings. The van der Waals surface area contributed by atoms with Crippen molar-refractivity contribution in [2.24, 2.45) is 0 Å². The zero-order chi connectivity index (χ0) is 13.2. The van der Waals surface area contributed by atoms with Crippen LogP contribution in [0.1, 0.15) is 19.4 Å². The van der Waals surface area contributed by atoms with Crippen molar-refractivity contribution in [3.05, 3.63) is 35.4 Å². The lowest BCUT2D eigenvalue weighted by Crippen LogP contribution is -2.37. The third-order valence-electron chi connectivity index (χ3n) is 2.30. The number of carbonyl (C=O) groups is 1. The highest BCUT2D eigenvalue weighted by molar-refractivity contribution is 7.86. The molecule has 17 heavy (non-hydrogen) atoms. The van der Waals surface area contributed by atoms with Crippen LogP contribution in [-0.4, -0.2) is 20.0 Å². The van der Waals surface area contributed by atoms with Gasteiger partial charge in [0, 0.05) is 22.6 Å². The van der Waals surface area contributed by atoms with Crippen LogP contribution in [0.15, 0.2) is 18.2 Å². The molecule has 0 radical (unpaired) electrons. The van der Waals surface area contributed by atoms with Gasteiger partial charge in [-0.15, -0.1) is 0 Å². The average Bonchev–Trinajstić information content (AvgIpc) is 2.15. The number of rotatable bonds is 4. The summed E-state index contributed by atoms with van der Waals surface area (Å²) in [5.74, 6) is -2.96. The highest BCUT2D eigenvalue weighted by Gasteiger charge is 2.34. The molecule has 1 unspecified atom stereocenters. The Kier molecular flexibility index (Phi) is 3.98. The maximum Gasteiger partial charge on any atom is 0.321 e. The number of carboxylic acid groups (broad SMARTS) is 1. The van der Waals surface area contributed by atoms with E-state index < -0.39 is 33.2 Å². The Bertz CT molecular complexity index is 452. The summed E-state index contributed by atoms with van der Waals surface area (Å²) in [5.41, 5.74) is 0.176. The SMILES string of the molecule is CC(C)(C(=O)O)S(=O)Cc1cc(F)cc(F)c1. The van der Waals surface area contributed by atoms with Crippen LogP contribution in [-0.2, 0) is 21.3 Å². The highest BCUT2D eigenvalue weighted by Crippen LogP contribution is 2.19. The summed E-state index contributed by atoms with van der Waals surface area (Å²) in [6.07, 6.45) is 0. The van der Waals surface area contributed by atoms with E-state index in [0.29, 0.717) is 6.07 Å². The second kappa shape index (κ2) is 4.91. The summed E-state index contributed by atoms with van der Waals surface area (Å²) < 4.78 is 36.1. The van der Waals surface area contributed by atoms with Crippen LogP contribution >= 0.6 is 0 Å². The first kappa shape index (κ1) is 13.8. The summed E-state index contributed by atoms with van der Waals surface area (Å²) >= 11 is 0. The minimum absolute atomic E-state index is 0.176. The van der Waals surface area contributed by atoms with Crippen molar-refractivity contribution in [1.82, 2.24) is 0 Å². The van der Waals surface area contributed by atoms with E-state index in [1.54, 1.807) is 0 Å². The van der Waals surface area contributed by atoms with Crippen LogP contribution in [0.25, 0.3) is 0 Å². The fourth-order valence-corrected chi connectivity index (χ4v) is 2.15. The fraction of sp³-hybridized carbons (Fsp3) is 0.364. The van der Waals surface area contributed by atoms with E-state index in [0.717, 1.165) is 12.1 Å². The number of benzene rings is 1. The van der Waals surface area contributed by atoms with Gasteiger partial charge in [0.05, 0.1) is 0 Å². The first-order valence-corrected chi connectivity index (χ1v) is 6.12. The van der Waals surface area contributed by atoms with Gasteiger partial charge in [0.2, 0.25) is 0 Å². The minimum Gasteiger partial charge on any atom is -0.480 e. The standard InChI is InChI=1S/C11H12F2O3S/c1-11(2,10(14)15)17(16)6-7-3-8(12)5-9(13)4-7/h3-5H,6H2,1-2H3,(H,14,15). The van der Waals surface area contributed by atoms with Crippen LogP contribution in [0.2, 0.25) is 0 Å². The summed E-state index contributed by atoms with van der Waals surface area (Å²) in [6, 6.07) is 2.78. The topological polar surface area (TPSA) is 54.4 Å². The number of halogens is 2. The molecule has 1 aromatic rings. The van der Waals surface area contributed by atoms with E-state index in [-0.39, 0.29) is 11.3 Å². The molecule has 0 saturated carbocycles. The summed E-state index contributed by atoms with van der Waals surface area (Å²) in [4.78, 5) is 10.8. The van der Waals surface area contributed by atoms with Crippen molar-refractivity contribution in [3.8, 4) is 0 Å². The average molecular weight is 262 g/mol. The zero-order valence-electron chi connectivity index (χ0n) is 9.37. The van der Waals surface area contributed by atoms with Gasteiger partial charge in [-0.05, 0) is 31.5 Å². The lowest BCUT2D eigenvalue weighted by atomic mass is 10.2. The van der Waals surface area contributed by atoms with E-state index in [4.69, 9.17) is 5.11 Å². The number of hydrogen-bond acceptors (Lipinski definition) is 2. The predicted molar refractivity (Wildman–Crippen MR) is 59.9 cm³/mol. The van der Waals surface area contributed by atoms with Gasteiger partial charge in [-0.2, -0.15) is 0 Å². The molecule has 0 heterocycles. The summed E-state index contributed by atoms with van der Waals surface area (Å²) in [5, 5.41) is 8.86. The Labute approximate surface area is 99.9 Å². The van der Waals surface area contributed by atoms with Crippen LogP contribution < -0.4 is 0 Å². The van der Waals surface area contributed by atoms with Gasteiger partial charge < -0.3 is 5.11 Å². The molecule has 0 bridgehead atoms. The van der Waals surface area contributed by atoms with Crippen LogP contribution in [0.4, 0.5) is 8.78 Å². The first-order chi connectivity index (χ1) is 7.73. The van der Waals surface area contributed by atoms with E-state index in [9.17, 15) is 17.8 Å². The molecule has 0 spiro atoms. The number of aliphatic carboxylic acids is 1. The third kappa shape index (κ3) is 3.33. The van der Waals surface area contributed by atoms with Gasteiger partial charge in [0.15, 0.2) is 0 Å². The Balaban J connectivity index is 2.92. The highest BCUT2D eigenvalue weighted by atomic mass is 32.2. The van der Waals surface area contributed by atoms with Gasteiger partial charge in [-0.3, -0.25) is 9.00 Å². The Hall–Kier alpha value is -1.30. The molecule has 1 N–H and O–H groups in total. The van der Waals surface area contributed by atoms with Crippen LogP contribution in [0, 0.1) is 11.6 Å². The molecule has 0 aromatic heterocycles. The van der Waals surface area contributed by atoms with E-state index in [2.05, 4.69) is 0 Å². The summed E-state index contributed by atoms with van der Waals surface area (Å²) in [6.45, 7) is 2.61. The van der Waals surface area contributed by atoms with E-state index in [1.165, 1.54) is 13.8 Å². The van der Waals surface area contributed by atoms with Crippen molar-refractivity contribution in [1.29, 1.82) is 0 Å². The molecule has 1 aromatic carbocycles. The third-order valence-corrected chi connectivity index (χ3v) is 4.21. The van der Waals surface area contributed by atoms with Crippen molar-refractivity contribution in [2.75, 3.05) is 0 Å². The lowest BCUT2D eigenvalue weighted by molar-refractivity contribution is -0.139. The fourth-order valence-electron chi connectivity index (χ4n) is 1.12. The quantitative estimate of drug-likeness (QED) is 0.903. The maximum absolute atomic E-state index is 12.9. The van der Waals surface area contributed by atoms with Gasteiger partial charge in [-0.1, -0.05) is 0 Å². The van der Waals surface area contributed by atoms with Crippen LogP contribution in [0.5, 0.6) is 0 Å². The van der Waals surface area contributed by atoms with Gasteiger partial charge in [-0.25, -0.2) is 8.78 Å². The minimum atomic E-state index is -1.76. The first-order valence-electron chi connectivity index (χ1n) is 4.80. The van der Waals surface area contributed by atoms with E-state index >= 15 is 0 Å². The normalized spacial score (nSPS) is 13.4. The maximum atomic E-state index is 12.9. The monoisotopic (exact) mass is 262 g/mol. The van der Waals surface area contributed by atoms with Gasteiger partial charge >= 0.3 is 5.97 Å². The van der Waals surface area contributed by atoms with E-state index in [1.807, 2.05) is 0 Å². The number of hydrogen-bond donors (Lipinski definition) is 1. The number of carboxylic acids is 1. The second-order valence-corrected chi connectivity index (χ2v) is 6.08. The lowest BCUT2D eigenvalue weighted by Gasteiger charge is -2.18. The molecular formula is C11H12F2O3S. The smallest absolute Gasteiger partial charge is 0.321 e. The van der Waals surface area contributed by atoms with Crippen molar-refractivity contribution >= 4 is 16.8 Å². The second-order valence-electron chi connectivity index (χ2n) is 4.08. The molecule has 1 atom stereocenters.